The highest BCUT2D eigenvalue weighted by Gasteiger charge is 2.07. The molecule has 0 aliphatic heterocycles. The molecule has 1 N–H and O–H groups in total. The van der Waals surface area contributed by atoms with Gasteiger partial charge in [-0.1, -0.05) is 6.58 Å². The molecule has 0 unspecified atom stereocenters. The number of aliphatic carboxylic acids is 1. The van der Waals surface area contributed by atoms with Gasteiger partial charge in [-0.3, -0.25) is 8.74 Å². The first-order chi connectivity index (χ1) is 7.39. The van der Waals surface area contributed by atoms with Gasteiger partial charge in [0.05, 0.1) is 40.8 Å². The van der Waals surface area contributed by atoms with E-state index in [1.807, 2.05) is 21.1 Å². The van der Waals surface area contributed by atoms with Crippen molar-refractivity contribution in [3.05, 3.63) is 12.2 Å². The molecule has 0 amide bonds. The number of carboxylic acid groups (broad SMARTS) is 1. The molecule has 102 valence electrons. The van der Waals surface area contributed by atoms with Gasteiger partial charge >= 0.3 is 10.4 Å². The Morgan fingerprint density at radius 2 is 1.76 bits per heavy atom. The second kappa shape index (κ2) is 7.38. The lowest BCUT2D eigenvalue weighted by Gasteiger charge is -2.24. The SMILES string of the molecule is C=C(CC[N+](C)(C)C)C(=O)[O-].COS(=O)(=O)O. The van der Waals surface area contributed by atoms with Crippen molar-refractivity contribution in [3.63, 3.8) is 0 Å². The molecule has 7 nitrogen and oxygen atoms in total. The second-order valence-corrected chi connectivity index (χ2v) is 5.44. The largest absolute Gasteiger partial charge is 0.545 e. The van der Waals surface area contributed by atoms with Crippen LogP contribution in [0.15, 0.2) is 12.2 Å². The molecule has 0 aliphatic carbocycles. The molecule has 0 aromatic carbocycles. The summed E-state index contributed by atoms with van der Waals surface area (Å²) < 4.78 is 30.5. The third-order valence-electron chi connectivity index (χ3n) is 1.58. The number of hydrogen-bond donors (Lipinski definition) is 1. The predicted molar refractivity (Wildman–Crippen MR) is 60.2 cm³/mol. The summed E-state index contributed by atoms with van der Waals surface area (Å²) in [6.45, 7) is 4.16. The molecule has 0 radical (unpaired) electrons. The molecule has 0 saturated heterocycles. The minimum absolute atomic E-state index is 0.179. The number of carbonyl (C=O) groups is 1. The fraction of sp³-hybridized carbons (Fsp3) is 0.667. The van der Waals surface area contributed by atoms with Gasteiger partial charge in [-0.15, -0.1) is 0 Å². The van der Waals surface area contributed by atoms with E-state index in [1.165, 1.54) is 0 Å². The first kappa shape index (κ1) is 18.4. The van der Waals surface area contributed by atoms with Crippen molar-refractivity contribution in [3.8, 4) is 0 Å². The Kier molecular flexibility index (Phi) is 7.99. The number of nitrogens with zero attached hydrogens (tertiary/aromatic N) is 1. The lowest BCUT2D eigenvalue weighted by atomic mass is 10.2. The molecule has 0 heterocycles. The minimum atomic E-state index is -4.16. The van der Waals surface area contributed by atoms with Gasteiger partial charge in [0.1, 0.15) is 0 Å². The van der Waals surface area contributed by atoms with E-state index in [9.17, 15) is 18.3 Å². The van der Waals surface area contributed by atoms with Gasteiger partial charge in [-0.05, 0) is 5.57 Å². The standard InChI is InChI=1S/C8H15NO2.CH4O4S/c1-7(8(10)11)5-6-9(2,3)4;1-5-6(2,3)4/h1,5-6H2,2-4H3;1H3,(H,2,3,4). The highest BCUT2D eigenvalue weighted by Crippen LogP contribution is 2.00. The fourth-order valence-corrected chi connectivity index (χ4v) is 0.572. The molecule has 0 atom stereocenters. The van der Waals surface area contributed by atoms with E-state index in [0.29, 0.717) is 6.42 Å². The van der Waals surface area contributed by atoms with E-state index in [1.54, 1.807) is 0 Å². The minimum Gasteiger partial charge on any atom is -0.545 e. The van der Waals surface area contributed by atoms with E-state index in [0.717, 1.165) is 18.1 Å². The van der Waals surface area contributed by atoms with Crippen molar-refractivity contribution < 1.29 is 31.5 Å². The van der Waals surface area contributed by atoms with Crippen LogP contribution < -0.4 is 5.11 Å². The van der Waals surface area contributed by atoms with E-state index in [4.69, 9.17) is 4.55 Å². The van der Waals surface area contributed by atoms with Crippen LogP contribution in [0.2, 0.25) is 0 Å². The summed E-state index contributed by atoms with van der Waals surface area (Å²) in [5, 5.41) is 10.2. The van der Waals surface area contributed by atoms with Crippen LogP contribution >= 0.6 is 0 Å². The molecule has 0 aromatic heterocycles. The van der Waals surface area contributed by atoms with E-state index in [2.05, 4.69) is 10.8 Å². The zero-order valence-electron chi connectivity index (χ0n) is 10.5. The maximum absolute atomic E-state index is 10.2. The molecule has 8 heteroatoms. The Morgan fingerprint density at radius 3 is 1.94 bits per heavy atom. The number of quaternary nitrogens is 1. The summed E-state index contributed by atoms with van der Waals surface area (Å²) in [7, 11) is 2.72. The molecule has 0 aliphatic rings. The van der Waals surface area contributed by atoms with Crippen LogP contribution in [-0.4, -0.2) is 58.2 Å². The topological polar surface area (TPSA) is 104 Å². The van der Waals surface area contributed by atoms with E-state index < -0.39 is 16.4 Å². The van der Waals surface area contributed by atoms with Gasteiger partial charge in [0.2, 0.25) is 0 Å². The molecule has 0 fully saturated rings. The third-order valence-corrected chi connectivity index (χ3v) is 2.00. The second-order valence-electron chi connectivity index (χ2n) is 4.25. The Balaban J connectivity index is 0. The van der Waals surface area contributed by atoms with Crippen LogP contribution in [0.25, 0.3) is 0 Å². The van der Waals surface area contributed by atoms with Crippen molar-refractivity contribution in [2.75, 3.05) is 34.8 Å². The number of carbonyl (C=O) groups excluding carboxylic acids is 1. The van der Waals surface area contributed by atoms with Gasteiger partial charge in [0, 0.05) is 6.42 Å². The summed E-state index contributed by atoms with van der Waals surface area (Å²) in [6, 6.07) is 0. The van der Waals surface area contributed by atoms with Crippen LogP contribution in [0.1, 0.15) is 6.42 Å². The molecule has 0 spiro atoms. The molecular formula is C9H19NO6S. The average Bonchev–Trinajstić information content (AvgIpc) is 2.12. The van der Waals surface area contributed by atoms with Crippen LogP contribution in [0.3, 0.4) is 0 Å². The third kappa shape index (κ3) is 17.6. The number of carboxylic acids is 1. The zero-order valence-corrected chi connectivity index (χ0v) is 11.3. The lowest BCUT2D eigenvalue weighted by molar-refractivity contribution is -0.870. The Labute approximate surface area is 102 Å². The van der Waals surface area contributed by atoms with Crippen molar-refractivity contribution >= 4 is 16.4 Å². The van der Waals surface area contributed by atoms with Crippen LogP contribution in [-0.2, 0) is 19.4 Å². The van der Waals surface area contributed by atoms with E-state index >= 15 is 0 Å². The normalized spacial score (nSPS) is 11.4. The molecular weight excluding hydrogens is 250 g/mol. The molecule has 0 saturated carbocycles. The highest BCUT2D eigenvalue weighted by atomic mass is 32.3. The molecule has 0 rings (SSSR count). The quantitative estimate of drug-likeness (QED) is 0.383. The fourth-order valence-electron chi connectivity index (χ4n) is 0.572. The van der Waals surface area contributed by atoms with Crippen molar-refractivity contribution in [2.45, 2.75) is 6.42 Å². The number of hydrogen-bond acceptors (Lipinski definition) is 5. The summed E-state index contributed by atoms with van der Waals surface area (Å²) in [6.07, 6.45) is 0.492. The van der Waals surface area contributed by atoms with Gasteiger partial charge in [0.25, 0.3) is 0 Å². The summed E-state index contributed by atoms with van der Waals surface area (Å²) in [5.74, 6) is -1.14. The lowest BCUT2D eigenvalue weighted by Crippen LogP contribution is -2.36. The smallest absolute Gasteiger partial charge is 0.397 e. The van der Waals surface area contributed by atoms with Gasteiger partial charge in [0.15, 0.2) is 0 Å². The van der Waals surface area contributed by atoms with Gasteiger partial charge in [-0.25, -0.2) is 0 Å². The Bertz CT molecular complexity index is 354. The number of rotatable bonds is 5. The Morgan fingerprint density at radius 1 is 1.41 bits per heavy atom. The molecule has 17 heavy (non-hydrogen) atoms. The van der Waals surface area contributed by atoms with Gasteiger partial charge < -0.3 is 14.4 Å². The van der Waals surface area contributed by atoms with Crippen LogP contribution in [0.4, 0.5) is 0 Å². The molecule has 0 bridgehead atoms. The van der Waals surface area contributed by atoms with Crippen molar-refractivity contribution in [1.29, 1.82) is 0 Å². The maximum Gasteiger partial charge on any atom is 0.397 e. The van der Waals surface area contributed by atoms with E-state index in [-0.39, 0.29) is 5.57 Å². The molecule has 0 aromatic rings. The predicted octanol–water partition coefficient (Wildman–Crippen LogP) is -1.18. The van der Waals surface area contributed by atoms with Crippen molar-refractivity contribution in [1.82, 2.24) is 0 Å². The first-order valence-corrected chi connectivity index (χ1v) is 5.98. The summed E-state index contributed by atoms with van der Waals surface area (Å²) in [5.41, 5.74) is 0.179. The van der Waals surface area contributed by atoms with Gasteiger partial charge in [-0.2, -0.15) is 8.42 Å². The van der Waals surface area contributed by atoms with Crippen molar-refractivity contribution in [2.24, 2.45) is 0 Å². The Hall–Kier alpha value is -0.960. The maximum atomic E-state index is 10.2. The first-order valence-electron chi connectivity index (χ1n) is 4.61. The van der Waals surface area contributed by atoms with Crippen LogP contribution in [0, 0.1) is 0 Å². The highest BCUT2D eigenvalue weighted by molar-refractivity contribution is 7.80. The summed E-state index contributed by atoms with van der Waals surface area (Å²) in [4.78, 5) is 10.2. The summed E-state index contributed by atoms with van der Waals surface area (Å²) >= 11 is 0. The van der Waals surface area contributed by atoms with Crippen LogP contribution in [0.5, 0.6) is 0 Å². The average molecular weight is 269 g/mol. The zero-order chi connectivity index (χ0) is 14.3. The monoisotopic (exact) mass is 269 g/mol.